The average Bonchev–Trinajstić information content (AvgIpc) is 3.55. The van der Waals surface area contributed by atoms with Gasteiger partial charge in [0.15, 0.2) is 17.3 Å². The van der Waals surface area contributed by atoms with Gasteiger partial charge < -0.3 is 14.6 Å². The standard InChI is InChI=1S/C21H18N10O2/c1-12-6-7-17-27-28-19(31(12)17)15-4-3-5-16(25-15)26-20(32)14-11-30(29-21(14)33-2)18-10-23-13(8-22)9-24-18/h3-5,9-12H,6-7H2,1-2H3,(H,25,26,32)/t12-/m1/s1. The predicted octanol–water partition coefficient (Wildman–Crippen LogP) is 1.96. The van der Waals surface area contributed by atoms with E-state index in [-0.39, 0.29) is 17.1 Å². The molecular formula is C21H18N10O2. The molecule has 0 fully saturated rings. The van der Waals surface area contributed by atoms with Gasteiger partial charge in [-0.3, -0.25) is 4.79 Å². The Morgan fingerprint density at radius 2 is 2.15 bits per heavy atom. The number of anilines is 1. The first-order valence-electron chi connectivity index (χ1n) is 10.2. The van der Waals surface area contributed by atoms with Crippen LogP contribution in [0.4, 0.5) is 5.82 Å². The molecule has 0 bridgehead atoms. The number of carbonyl (C=O) groups excluding carboxylic acids is 1. The van der Waals surface area contributed by atoms with E-state index in [9.17, 15) is 4.79 Å². The summed E-state index contributed by atoms with van der Waals surface area (Å²) in [7, 11) is 1.42. The van der Waals surface area contributed by atoms with Crippen molar-refractivity contribution in [1.82, 2.24) is 39.5 Å². The maximum atomic E-state index is 13.0. The first-order valence-corrected chi connectivity index (χ1v) is 10.2. The van der Waals surface area contributed by atoms with E-state index in [1.165, 1.54) is 30.4 Å². The molecule has 0 spiro atoms. The van der Waals surface area contributed by atoms with Crippen LogP contribution < -0.4 is 10.1 Å². The quantitative estimate of drug-likeness (QED) is 0.489. The number of nitriles is 1. The van der Waals surface area contributed by atoms with Crippen LogP contribution in [0.25, 0.3) is 17.3 Å². The third-order valence-corrected chi connectivity index (χ3v) is 5.32. The monoisotopic (exact) mass is 442 g/mol. The first-order chi connectivity index (χ1) is 16.1. The van der Waals surface area contributed by atoms with Gasteiger partial charge in [0, 0.05) is 18.7 Å². The average molecular weight is 442 g/mol. The zero-order valence-electron chi connectivity index (χ0n) is 17.8. The number of fused-ring (bicyclic) bond motifs is 1. The van der Waals surface area contributed by atoms with Crippen LogP contribution in [0.5, 0.6) is 5.88 Å². The number of methoxy groups -OCH3 is 1. The van der Waals surface area contributed by atoms with E-state index in [0.29, 0.717) is 29.2 Å². The SMILES string of the molecule is COc1nn(-c2cnc(C#N)cn2)cc1C(=O)Nc1cccc(-c2nnc3n2[C@H](C)CC3)n1. The smallest absolute Gasteiger partial charge is 0.263 e. The third-order valence-electron chi connectivity index (χ3n) is 5.32. The summed E-state index contributed by atoms with van der Waals surface area (Å²) in [5.41, 5.74) is 0.984. The van der Waals surface area contributed by atoms with Crippen LogP contribution in [0, 0.1) is 11.3 Å². The fraction of sp³-hybridized carbons (Fsp3) is 0.238. The lowest BCUT2D eigenvalue weighted by Crippen LogP contribution is -2.14. The number of rotatable bonds is 5. The molecule has 1 N–H and O–H groups in total. The van der Waals surface area contributed by atoms with E-state index >= 15 is 0 Å². The maximum Gasteiger partial charge on any atom is 0.263 e. The highest BCUT2D eigenvalue weighted by Crippen LogP contribution is 2.30. The minimum atomic E-state index is -0.454. The van der Waals surface area contributed by atoms with Crippen molar-refractivity contribution in [2.45, 2.75) is 25.8 Å². The number of hydrogen-bond donors (Lipinski definition) is 1. The summed E-state index contributed by atoms with van der Waals surface area (Å²) in [6, 6.07) is 7.52. The molecule has 1 aliphatic heterocycles. The molecule has 0 unspecified atom stereocenters. The lowest BCUT2D eigenvalue weighted by Gasteiger charge is -2.10. The Morgan fingerprint density at radius 1 is 1.27 bits per heavy atom. The van der Waals surface area contributed by atoms with Gasteiger partial charge in [0.2, 0.25) is 5.88 Å². The second kappa shape index (κ2) is 8.12. The van der Waals surface area contributed by atoms with Gasteiger partial charge in [0.1, 0.15) is 29.0 Å². The molecule has 12 nitrogen and oxygen atoms in total. The number of ether oxygens (including phenoxy) is 1. The largest absolute Gasteiger partial charge is 0.479 e. The second-order valence-corrected chi connectivity index (χ2v) is 7.43. The van der Waals surface area contributed by atoms with Crippen LogP contribution in [0.2, 0.25) is 0 Å². The molecule has 5 heterocycles. The predicted molar refractivity (Wildman–Crippen MR) is 115 cm³/mol. The Morgan fingerprint density at radius 3 is 2.91 bits per heavy atom. The van der Waals surface area contributed by atoms with E-state index in [1.807, 2.05) is 12.1 Å². The van der Waals surface area contributed by atoms with Crippen LogP contribution in [0.1, 0.15) is 41.3 Å². The second-order valence-electron chi connectivity index (χ2n) is 7.43. The van der Waals surface area contributed by atoms with Crippen LogP contribution in [0.15, 0.2) is 36.8 Å². The molecule has 4 aromatic rings. The van der Waals surface area contributed by atoms with Crippen molar-refractivity contribution in [2.75, 3.05) is 12.4 Å². The molecule has 4 aromatic heterocycles. The highest BCUT2D eigenvalue weighted by molar-refractivity contribution is 6.05. The van der Waals surface area contributed by atoms with E-state index in [1.54, 1.807) is 12.1 Å². The number of pyridine rings is 1. The van der Waals surface area contributed by atoms with E-state index < -0.39 is 5.91 Å². The molecule has 0 saturated carbocycles. The summed E-state index contributed by atoms with van der Waals surface area (Å²) in [4.78, 5) is 25.6. The lowest BCUT2D eigenvalue weighted by atomic mass is 10.2. The summed E-state index contributed by atoms with van der Waals surface area (Å²) < 4.78 is 8.70. The molecule has 0 radical (unpaired) electrons. The number of nitrogens with zero attached hydrogens (tertiary/aromatic N) is 9. The van der Waals surface area contributed by atoms with Crippen molar-refractivity contribution in [3.05, 3.63) is 53.9 Å². The molecule has 33 heavy (non-hydrogen) atoms. The maximum absolute atomic E-state index is 13.0. The summed E-state index contributed by atoms with van der Waals surface area (Å²) in [6.45, 7) is 2.12. The van der Waals surface area contributed by atoms with Crippen molar-refractivity contribution in [2.24, 2.45) is 0 Å². The van der Waals surface area contributed by atoms with Crippen LogP contribution in [0.3, 0.4) is 0 Å². The molecule has 1 atom stereocenters. The van der Waals surface area contributed by atoms with Crippen LogP contribution in [-0.2, 0) is 6.42 Å². The number of nitrogens with one attached hydrogen (secondary N) is 1. The Kier molecular flexibility index (Phi) is 4.98. The number of aromatic nitrogens is 8. The fourth-order valence-corrected chi connectivity index (χ4v) is 3.69. The zero-order chi connectivity index (χ0) is 22.9. The highest BCUT2D eigenvalue weighted by Gasteiger charge is 2.25. The van der Waals surface area contributed by atoms with Crippen molar-refractivity contribution in [3.63, 3.8) is 0 Å². The Hall–Kier alpha value is -4.66. The van der Waals surface area contributed by atoms with Crippen molar-refractivity contribution in [1.29, 1.82) is 5.26 Å². The Labute approximate surface area is 187 Å². The Balaban J connectivity index is 1.41. The summed E-state index contributed by atoms with van der Waals surface area (Å²) in [6.07, 6.45) is 6.08. The molecule has 164 valence electrons. The number of aryl methyl sites for hydroxylation is 1. The number of carbonyl (C=O) groups is 1. The third kappa shape index (κ3) is 3.65. The van der Waals surface area contributed by atoms with Gasteiger partial charge in [-0.2, -0.15) is 5.26 Å². The van der Waals surface area contributed by atoms with Gasteiger partial charge in [-0.25, -0.2) is 19.6 Å². The van der Waals surface area contributed by atoms with Crippen molar-refractivity contribution in [3.8, 4) is 29.3 Å². The molecule has 0 saturated heterocycles. The highest BCUT2D eigenvalue weighted by atomic mass is 16.5. The van der Waals surface area contributed by atoms with Gasteiger partial charge in [-0.15, -0.1) is 15.3 Å². The molecule has 1 amide bonds. The minimum absolute atomic E-state index is 0.110. The van der Waals surface area contributed by atoms with Crippen LogP contribution >= 0.6 is 0 Å². The summed E-state index contributed by atoms with van der Waals surface area (Å²) in [5, 5.41) is 24.4. The molecule has 0 aromatic carbocycles. The minimum Gasteiger partial charge on any atom is -0.479 e. The topological polar surface area (TPSA) is 149 Å². The molecule has 0 aliphatic carbocycles. The zero-order valence-corrected chi connectivity index (χ0v) is 17.8. The van der Waals surface area contributed by atoms with E-state index in [0.717, 1.165) is 18.7 Å². The summed E-state index contributed by atoms with van der Waals surface area (Å²) >= 11 is 0. The van der Waals surface area contributed by atoms with E-state index in [2.05, 4.69) is 47.1 Å². The van der Waals surface area contributed by atoms with Crippen molar-refractivity contribution < 1.29 is 9.53 Å². The first kappa shape index (κ1) is 20.3. The lowest BCUT2D eigenvalue weighted by molar-refractivity contribution is 0.102. The normalized spacial score (nSPS) is 14.5. The van der Waals surface area contributed by atoms with E-state index in [4.69, 9.17) is 10.00 Å². The fourth-order valence-electron chi connectivity index (χ4n) is 3.69. The molecule has 5 rings (SSSR count). The van der Waals surface area contributed by atoms with Gasteiger partial charge in [0.25, 0.3) is 5.91 Å². The van der Waals surface area contributed by atoms with Gasteiger partial charge in [0.05, 0.1) is 19.5 Å². The van der Waals surface area contributed by atoms with Crippen molar-refractivity contribution >= 4 is 11.7 Å². The molecule has 1 aliphatic rings. The molecular weight excluding hydrogens is 424 g/mol. The van der Waals surface area contributed by atoms with Crippen LogP contribution in [-0.4, -0.2) is 52.5 Å². The number of amides is 1. The van der Waals surface area contributed by atoms with Gasteiger partial charge in [-0.1, -0.05) is 6.07 Å². The number of hydrogen-bond acceptors (Lipinski definition) is 9. The van der Waals surface area contributed by atoms with Gasteiger partial charge >= 0.3 is 0 Å². The summed E-state index contributed by atoms with van der Waals surface area (Å²) in [5.74, 6) is 1.96. The molecule has 12 heteroatoms. The van der Waals surface area contributed by atoms with Gasteiger partial charge in [-0.05, 0) is 25.5 Å². The Bertz CT molecular complexity index is 1380.